The molecule has 0 radical (unpaired) electrons. The number of aromatic nitrogens is 4. The maximum absolute atomic E-state index is 9.65. The van der Waals surface area contributed by atoms with Crippen molar-refractivity contribution in [2.75, 3.05) is 26.4 Å². The number of imidazole rings is 2. The van der Waals surface area contributed by atoms with Gasteiger partial charge in [-0.1, -0.05) is 27.7 Å². The molecule has 2 heterocycles. The second kappa shape index (κ2) is 10.7. The molecule has 2 aromatic rings. The number of nitrogens with zero attached hydrogens (tertiary/aromatic N) is 4. The fourth-order valence-corrected chi connectivity index (χ4v) is 3.80. The molecule has 2 atom stereocenters. The van der Waals surface area contributed by atoms with Gasteiger partial charge in [0.15, 0.2) is 0 Å². The third kappa shape index (κ3) is 7.14. The predicted molar refractivity (Wildman–Crippen MR) is 130 cm³/mol. The van der Waals surface area contributed by atoms with Crippen molar-refractivity contribution in [2.24, 2.45) is 10.8 Å². The molecule has 2 N–H and O–H groups in total. The first-order valence-electron chi connectivity index (χ1n) is 12.3. The fraction of sp³-hybridized carbons (Fsp3) is 0.769. The van der Waals surface area contributed by atoms with Crippen LogP contribution in [-0.2, 0) is 28.9 Å². The van der Waals surface area contributed by atoms with E-state index in [2.05, 4.69) is 71.0 Å². The molecule has 0 saturated carbocycles. The molecule has 7 heteroatoms. The van der Waals surface area contributed by atoms with Crippen LogP contribution >= 0.6 is 0 Å². The van der Waals surface area contributed by atoms with Crippen molar-refractivity contribution in [1.82, 2.24) is 9.13 Å². The zero-order valence-electron chi connectivity index (χ0n) is 22.2. The predicted octanol–water partition coefficient (Wildman–Crippen LogP) is 2.87. The molecule has 0 aromatic carbocycles. The Labute approximate surface area is 200 Å². The van der Waals surface area contributed by atoms with E-state index in [9.17, 15) is 10.2 Å². The van der Waals surface area contributed by atoms with Gasteiger partial charge in [-0.25, -0.2) is 18.3 Å². The molecule has 0 aliphatic heterocycles. The molecule has 0 aliphatic rings. The largest absolute Gasteiger partial charge is 0.392 e. The second-order valence-electron chi connectivity index (χ2n) is 11.7. The normalized spacial score (nSPS) is 16.5. The van der Waals surface area contributed by atoms with E-state index in [0.29, 0.717) is 13.2 Å². The number of rotatable bonds is 14. The lowest BCUT2D eigenvalue weighted by Crippen LogP contribution is -2.46. The van der Waals surface area contributed by atoms with Crippen LogP contribution in [0.25, 0.3) is 0 Å². The first-order chi connectivity index (χ1) is 15.3. The van der Waals surface area contributed by atoms with Gasteiger partial charge in [-0.3, -0.25) is 0 Å². The van der Waals surface area contributed by atoms with Crippen LogP contribution in [0.2, 0.25) is 0 Å². The third-order valence-electron chi connectivity index (χ3n) is 7.29. The summed E-state index contributed by atoms with van der Waals surface area (Å²) in [6, 6.07) is 0. The molecule has 0 bridgehead atoms. The Balaban J connectivity index is 1.98. The van der Waals surface area contributed by atoms with Gasteiger partial charge >= 0.3 is 0 Å². The molecule has 0 aliphatic carbocycles. The number of hydrogen-bond donors (Lipinski definition) is 2. The Kier molecular flexibility index (Phi) is 8.93. The van der Waals surface area contributed by atoms with Crippen LogP contribution in [0.5, 0.6) is 0 Å². The van der Waals surface area contributed by atoms with Crippen molar-refractivity contribution < 1.29 is 24.1 Å². The Hall–Kier alpha value is -1.70. The number of aliphatic hydroxyl groups is 2. The number of hydrogen-bond acceptors (Lipinski definition) is 3. The fourth-order valence-electron chi connectivity index (χ4n) is 3.80. The maximum Gasteiger partial charge on any atom is 0.244 e. The molecule has 0 saturated heterocycles. The molecule has 2 unspecified atom stereocenters. The summed E-state index contributed by atoms with van der Waals surface area (Å²) in [6.45, 7) is 20.5. The molecule has 0 spiro atoms. The van der Waals surface area contributed by atoms with E-state index in [-0.39, 0.29) is 35.1 Å². The standard InChI is InChI=1S/C26H48N4O3/c1-9-25(7,15-27-11-13-29(21-27)23(3,4)17-31)19-33-20-26(8,10-2)16-28-12-14-30(22-28)24(5,6)18-32/h11-14,21-22,31-32H,9-10,15-20H2,1-8H3/q+2. The highest BCUT2D eigenvalue weighted by Crippen LogP contribution is 2.27. The highest BCUT2D eigenvalue weighted by molar-refractivity contribution is 4.83. The molecule has 0 fully saturated rings. The van der Waals surface area contributed by atoms with Crippen molar-refractivity contribution in [1.29, 1.82) is 0 Å². The average molecular weight is 465 g/mol. The molecule has 2 rings (SSSR count). The quantitative estimate of drug-likeness (QED) is 0.423. The summed E-state index contributed by atoms with van der Waals surface area (Å²) in [5, 5.41) is 19.3. The van der Waals surface area contributed by atoms with Gasteiger partial charge in [0, 0.05) is 10.8 Å². The van der Waals surface area contributed by atoms with Crippen molar-refractivity contribution in [3.8, 4) is 0 Å². The highest BCUT2D eigenvalue weighted by atomic mass is 16.5. The number of aliphatic hydroxyl groups excluding tert-OH is 2. The minimum Gasteiger partial charge on any atom is -0.392 e. The average Bonchev–Trinajstić information content (AvgIpc) is 3.44. The van der Waals surface area contributed by atoms with Gasteiger partial charge in [0.1, 0.15) is 35.9 Å². The van der Waals surface area contributed by atoms with Gasteiger partial charge in [0.25, 0.3) is 0 Å². The molecule has 2 aromatic heterocycles. The topological polar surface area (TPSA) is 67.3 Å². The van der Waals surface area contributed by atoms with Crippen LogP contribution in [0.1, 0.15) is 68.2 Å². The van der Waals surface area contributed by atoms with Crippen molar-refractivity contribution in [3.05, 3.63) is 37.4 Å². The summed E-state index contributed by atoms with van der Waals surface area (Å²) >= 11 is 0. The molecule has 188 valence electrons. The van der Waals surface area contributed by atoms with Gasteiger partial charge in [-0.15, -0.1) is 0 Å². The summed E-state index contributed by atoms with van der Waals surface area (Å²) in [7, 11) is 0. The van der Waals surface area contributed by atoms with E-state index in [1.165, 1.54) is 0 Å². The molecular weight excluding hydrogens is 416 g/mol. The van der Waals surface area contributed by atoms with Crippen LogP contribution < -0.4 is 9.13 Å². The van der Waals surface area contributed by atoms with Crippen molar-refractivity contribution >= 4 is 0 Å². The lowest BCUT2D eigenvalue weighted by atomic mass is 9.87. The molecule has 0 amide bonds. The summed E-state index contributed by atoms with van der Waals surface area (Å²) < 4.78 is 14.9. The zero-order valence-corrected chi connectivity index (χ0v) is 22.2. The zero-order chi connectivity index (χ0) is 24.9. The summed E-state index contributed by atoms with van der Waals surface area (Å²) in [4.78, 5) is 0. The van der Waals surface area contributed by atoms with Gasteiger partial charge < -0.3 is 14.9 Å². The van der Waals surface area contributed by atoms with Crippen molar-refractivity contribution in [2.45, 2.75) is 92.4 Å². The maximum atomic E-state index is 9.65. The lowest BCUT2D eigenvalue weighted by Gasteiger charge is -2.30. The van der Waals surface area contributed by atoms with E-state index >= 15 is 0 Å². The summed E-state index contributed by atoms with van der Waals surface area (Å²) in [5.41, 5.74) is -0.570. The Bertz CT molecular complexity index is 802. The Morgan fingerprint density at radius 3 is 1.36 bits per heavy atom. The van der Waals surface area contributed by atoms with Gasteiger partial charge in [-0.2, -0.15) is 0 Å². The van der Waals surface area contributed by atoms with Crippen LogP contribution in [0, 0.1) is 10.8 Å². The Morgan fingerprint density at radius 2 is 1.06 bits per heavy atom. The van der Waals surface area contributed by atoms with E-state index in [4.69, 9.17) is 4.74 Å². The van der Waals surface area contributed by atoms with Crippen LogP contribution in [0.4, 0.5) is 0 Å². The van der Waals surface area contributed by atoms with Gasteiger partial charge in [-0.05, 0) is 40.5 Å². The van der Waals surface area contributed by atoms with E-state index < -0.39 is 0 Å². The first-order valence-corrected chi connectivity index (χ1v) is 12.3. The van der Waals surface area contributed by atoms with Gasteiger partial charge in [0.2, 0.25) is 12.7 Å². The molecule has 7 nitrogen and oxygen atoms in total. The number of ether oxygens (including phenoxy) is 1. The van der Waals surface area contributed by atoms with Gasteiger partial charge in [0.05, 0.1) is 39.5 Å². The van der Waals surface area contributed by atoms with Crippen LogP contribution in [0.3, 0.4) is 0 Å². The van der Waals surface area contributed by atoms with Crippen molar-refractivity contribution in [3.63, 3.8) is 0 Å². The Morgan fingerprint density at radius 1 is 0.697 bits per heavy atom. The molecular formula is C26H48N4O3+2. The van der Waals surface area contributed by atoms with E-state index in [0.717, 1.165) is 25.9 Å². The SMILES string of the molecule is CCC(C)(COCC(C)(CC)C[n+]1ccn(C(C)(C)CO)c1)C[n+]1ccn(C(C)(C)CO)c1. The third-order valence-corrected chi connectivity index (χ3v) is 7.29. The minimum atomic E-state index is -0.309. The summed E-state index contributed by atoms with van der Waals surface area (Å²) in [6.07, 6.45) is 14.4. The lowest BCUT2D eigenvalue weighted by molar-refractivity contribution is -0.711. The van der Waals surface area contributed by atoms with Crippen LogP contribution in [0.15, 0.2) is 37.4 Å². The highest BCUT2D eigenvalue weighted by Gasteiger charge is 2.32. The van der Waals surface area contributed by atoms with Crippen LogP contribution in [-0.4, -0.2) is 45.8 Å². The summed E-state index contributed by atoms with van der Waals surface area (Å²) in [5.74, 6) is 0. The smallest absolute Gasteiger partial charge is 0.244 e. The first kappa shape index (κ1) is 27.5. The van der Waals surface area contributed by atoms with E-state index in [1.807, 2.05) is 40.1 Å². The monoisotopic (exact) mass is 464 g/mol. The molecule has 33 heavy (non-hydrogen) atoms. The minimum absolute atomic E-state index is 0.0243. The van der Waals surface area contributed by atoms with E-state index in [1.54, 1.807) is 0 Å². The second-order valence-corrected chi connectivity index (χ2v) is 11.7.